The molecule has 0 aromatic carbocycles. The quantitative estimate of drug-likeness (QED) is 0.853. The Labute approximate surface area is 99.5 Å². The lowest BCUT2D eigenvalue weighted by Gasteiger charge is -2.24. The second-order valence-corrected chi connectivity index (χ2v) is 4.79. The molecule has 0 spiro atoms. The Hall–Kier alpha value is -0.200. The summed E-state index contributed by atoms with van der Waals surface area (Å²) in [7, 11) is 0. The van der Waals surface area contributed by atoms with Crippen molar-refractivity contribution in [3.05, 3.63) is 15.8 Å². The number of alkyl halides is 2. The third-order valence-corrected chi connectivity index (χ3v) is 2.88. The maximum Gasteiger partial charge on any atom is 0.345 e. The Morgan fingerprint density at radius 3 is 2.67 bits per heavy atom. The number of halogens is 4. The Bertz CT molecular complexity index is 343. The van der Waals surface area contributed by atoms with Gasteiger partial charge >= 0.3 is 6.61 Å². The van der Waals surface area contributed by atoms with Crippen LogP contribution in [0, 0.1) is 0 Å². The van der Waals surface area contributed by atoms with Gasteiger partial charge in [-0.25, -0.2) is 4.68 Å². The third kappa shape index (κ3) is 3.70. The Morgan fingerprint density at radius 1 is 1.67 bits per heavy atom. The topological polar surface area (TPSA) is 27.1 Å². The van der Waals surface area contributed by atoms with Crippen molar-refractivity contribution in [1.82, 2.24) is 9.78 Å². The molecule has 1 rings (SSSR count). The van der Waals surface area contributed by atoms with Crippen LogP contribution in [0.25, 0.3) is 0 Å². The molecule has 15 heavy (non-hydrogen) atoms. The van der Waals surface area contributed by atoms with Crippen LogP contribution in [0.4, 0.5) is 8.78 Å². The van der Waals surface area contributed by atoms with Crippen molar-refractivity contribution in [1.29, 1.82) is 0 Å². The monoisotopic (exact) mass is 302 g/mol. The minimum absolute atomic E-state index is 0.155. The first-order valence-electron chi connectivity index (χ1n) is 4.14. The second-order valence-electron chi connectivity index (χ2n) is 3.58. The fourth-order valence-electron chi connectivity index (χ4n) is 1.10. The number of hydrogen-bond acceptors (Lipinski definition) is 2. The van der Waals surface area contributed by atoms with Crippen LogP contribution in [0.15, 0.2) is 10.7 Å². The standard InChI is InChI=1S/C8H10BrClF2N2O/c1-8(2,15-7(11)12)4-14-6(10)5(9)3-13-14/h3,7H,4H2,1-2H3. The Morgan fingerprint density at radius 2 is 2.27 bits per heavy atom. The zero-order chi connectivity index (χ0) is 11.6. The van der Waals surface area contributed by atoms with Gasteiger partial charge in [-0.05, 0) is 29.8 Å². The molecule has 0 amide bonds. The van der Waals surface area contributed by atoms with E-state index in [-0.39, 0.29) is 6.54 Å². The van der Waals surface area contributed by atoms with E-state index < -0.39 is 12.2 Å². The van der Waals surface area contributed by atoms with Gasteiger partial charge in [-0.2, -0.15) is 13.9 Å². The molecule has 0 aliphatic carbocycles. The summed E-state index contributed by atoms with van der Waals surface area (Å²) >= 11 is 9.03. The van der Waals surface area contributed by atoms with E-state index in [0.717, 1.165) is 0 Å². The highest BCUT2D eigenvalue weighted by atomic mass is 79.9. The molecule has 0 N–H and O–H groups in total. The van der Waals surface area contributed by atoms with Crippen molar-refractivity contribution in [3.8, 4) is 0 Å². The molecule has 3 nitrogen and oxygen atoms in total. The highest BCUT2D eigenvalue weighted by Crippen LogP contribution is 2.24. The first-order chi connectivity index (χ1) is 6.82. The van der Waals surface area contributed by atoms with Gasteiger partial charge in [-0.1, -0.05) is 11.6 Å². The zero-order valence-electron chi connectivity index (χ0n) is 8.18. The number of hydrogen-bond donors (Lipinski definition) is 0. The van der Waals surface area contributed by atoms with Crippen molar-refractivity contribution in [2.45, 2.75) is 32.6 Å². The predicted octanol–water partition coefficient (Wildman–Crippen LogP) is 3.32. The molecule has 0 aliphatic rings. The average Bonchev–Trinajstić information content (AvgIpc) is 2.33. The van der Waals surface area contributed by atoms with Crippen LogP contribution in [0.2, 0.25) is 5.15 Å². The zero-order valence-corrected chi connectivity index (χ0v) is 10.5. The van der Waals surface area contributed by atoms with E-state index in [4.69, 9.17) is 11.6 Å². The highest BCUT2D eigenvalue weighted by Gasteiger charge is 2.25. The van der Waals surface area contributed by atoms with Gasteiger partial charge in [0.25, 0.3) is 0 Å². The SMILES string of the molecule is CC(C)(Cn1ncc(Br)c1Cl)OC(F)F. The van der Waals surface area contributed by atoms with Gasteiger partial charge in [0.2, 0.25) is 0 Å². The first-order valence-corrected chi connectivity index (χ1v) is 5.32. The van der Waals surface area contributed by atoms with E-state index in [1.165, 1.54) is 10.9 Å². The molecular formula is C8H10BrClF2N2O. The lowest BCUT2D eigenvalue weighted by Crippen LogP contribution is -2.33. The first kappa shape index (κ1) is 12.9. The highest BCUT2D eigenvalue weighted by molar-refractivity contribution is 9.10. The van der Waals surface area contributed by atoms with Crippen molar-refractivity contribution in [2.24, 2.45) is 0 Å². The smallest absolute Gasteiger partial charge is 0.315 e. The predicted molar refractivity (Wildman–Crippen MR) is 56.1 cm³/mol. The molecule has 0 saturated carbocycles. The third-order valence-electron chi connectivity index (χ3n) is 1.67. The van der Waals surface area contributed by atoms with E-state index in [2.05, 4.69) is 25.8 Å². The molecular weight excluding hydrogens is 293 g/mol. The Balaban J connectivity index is 2.72. The van der Waals surface area contributed by atoms with Crippen LogP contribution in [0.1, 0.15) is 13.8 Å². The average molecular weight is 304 g/mol. The van der Waals surface area contributed by atoms with Gasteiger partial charge < -0.3 is 4.74 Å². The molecule has 0 radical (unpaired) electrons. The van der Waals surface area contributed by atoms with Crippen molar-refractivity contribution in [3.63, 3.8) is 0 Å². The Kier molecular flexibility index (Phi) is 4.08. The van der Waals surface area contributed by atoms with Crippen LogP contribution in [0.5, 0.6) is 0 Å². The number of aromatic nitrogens is 2. The summed E-state index contributed by atoms with van der Waals surface area (Å²) in [4.78, 5) is 0. The van der Waals surface area contributed by atoms with Gasteiger partial charge in [0, 0.05) is 0 Å². The van der Waals surface area contributed by atoms with Gasteiger partial charge in [0.15, 0.2) is 0 Å². The van der Waals surface area contributed by atoms with E-state index in [9.17, 15) is 8.78 Å². The molecule has 0 fully saturated rings. The summed E-state index contributed by atoms with van der Waals surface area (Å²) in [5, 5.41) is 4.28. The van der Waals surface area contributed by atoms with Crippen LogP contribution in [-0.2, 0) is 11.3 Å². The molecule has 1 aromatic rings. The van der Waals surface area contributed by atoms with E-state index in [1.807, 2.05) is 0 Å². The molecule has 0 bridgehead atoms. The minimum Gasteiger partial charge on any atom is -0.315 e. The molecule has 0 unspecified atom stereocenters. The summed E-state index contributed by atoms with van der Waals surface area (Å²) in [5.41, 5.74) is -1.02. The normalized spacial score (nSPS) is 12.5. The van der Waals surface area contributed by atoms with Crippen molar-refractivity contribution >= 4 is 27.5 Å². The molecule has 0 atom stereocenters. The molecule has 0 saturated heterocycles. The van der Waals surface area contributed by atoms with Gasteiger partial charge in [0.1, 0.15) is 5.15 Å². The summed E-state index contributed by atoms with van der Waals surface area (Å²) in [6, 6.07) is 0. The van der Waals surface area contributed by atoms with Crippen LogP contribution >= 0.6 is 27.5 Å². The molecule has 86 valence electrons. The van der Waals surface area contributed by atoms with Gasteiger partial charge in [-0.3, -0.25) is 0 Å². The lowest BCUT2D eigenvalue weighted by atomic mass is 10.1. The fraction of sp³-hybridized carbons (Fsp3) is 0.625. The fourth-order valence-corrected chi connectivity index (χ4v) is 1.55. The van der Waals surface area contributed by atoms with Gasteiger partial charge in [-0.15, -0.1) is 0 Å². The molecule has 0 aliphatic heterocycles. The van der Waals surface area contributed by atoms with Crippen molar-refractivity contribution < 1.29 is 13.5 Å². The van der Waals surface area contributed by atoms with E-state index >= 15 is 0 Å². The maximum atomic E-state index is 12.0. The molecule has 7 heteroatoms. The number of nitrogens with zero attached hydrogens (tertiary/aromatic N) is 2. The van der Waals surface area contributed by atoms with E-state index in [0.29, 0.717) is 9.63 Å². The van der Waals surface area contributed by atoms with Crippen LogP contribution < -0.4 is 0 Å². The summed E-state index contributed by atoms with van der Waals surface area (Å²) in [6.45, 7) is 0.440. The largest absolute Gasteiger partial charge is 0.345 e. The van der Waals surface area contributed by atoms with Gasteiger partial charge in [0.05, 0.1) is 22.8 Å². The summed E-state index contributed by atoms with van der Waals surface area (Å²) < 4.78 is 30.5. The minimum atomic E-state index is -2.81. The van der Waals surface area contributed by atoms with Crippen LogP contribution in [0.3, 0.4) is 0 Å². The maximum absolute atomic E-state index is 12.0. The van der Waals surface area contributed by atoms with E-state index in [1.54, 1.807) is 13.8 Å². The molecule has 1 aromatic heterocycles. The summed E-state index contributed by atoms with van der Waals surface area (Å²) in [6.07, 6.45) is 1.50. The summed E-state index contributed by atoms with van der Waals surface area (Å²) in [5.74, 6) is 0. The molecule has 1 heterocycles. The van der Waals surface area contributed by atoms with Crippen LogP contribution in [-0.4, -0.2) is 22.0 Å². The lowest BCUT2D eigenvalue weighted by molar-refractivity contribution is -0.201. The van der Waals surface area contributed by atoms with Crippen molar-refractivity contribution in [2.75, 3.05) is 0 Å². The second kappa shape index (κ2) is 4.76. The number of ether oxygens (including phenoxy) is 1. The number of rotatable bonds is 4.